The van der Waals surface area contributed by atoms with E-state index < -0.39 is 0 Å². The molecule has 0 bridgehead atoms. The fraction of sp³-hybridized carbons (Fsp3) is 0.586. The summed E-state index contributed by atoms with van der Waals surface area (Å²) < 4.78 is 0. The van der Waals surface area contributed by atoms with Crippen LogP contribution in [0.1, 0.15) is 68.2 Å². The Labute approximate surface area is 201 Å². The summed E-state index contributed by atoms with van der Waals surface area (Å²) in [5.74, 6) is 0. The summed E-state index contributed by atoms with van der Waals surface area (Å²) >= 11 is 0. The van der Waals surface area contributed by atoms with Crippen molar-refractivity contribution < 1.29 is 0 Å². The normalized spacial score (nSPS) is 19.9. The van der Waals surface area contributed by atoms with E-state index in [1.165, 1.54) is 75.8 Å². The molecule has 2 aliphatic heterocycles. The van der Waals surface area contributed by atoms with Gasteiger partial charge in [-0.3, -0.25) is 0 Å². The van der Waals surface area contributed by atoms with Crippen molar-refractivity contribution in [3.63, 3.8) is 0 Å². The van der Waals surface area contributed by atoms with Crippen molar-refractivity contribution in [3.05, 3.63) is 71.8 Å². The van der Waals surface area contributed by atoms with Crippen molar-refractivity contribution in [2.45, 2.75) is 57.0 Å². The van der Waals surface area contributed by atoms with Gasteiger partial charge in [-0.05, 0) is 82.5 Å². The third-order valence-electron chi connectivity index (χ3n) is 7.32. The minimum atomic E-state index is 0.419. The van der Waals surface area contributed by atoms with Crippen molar-refractivity contribution in [1.29, 1.82) is 0 Å². The van der Waals surface area contributed by atoms with Crippen LogP contribution in [-0.4, -0.2) is 62.2 Å². The van der Waals surface area contributed by atoms with Gasteiger partial charge >= 0.3 is 0 Å². The Kier molecular flexibility index (Phi) is 10.2. The van der Waals surface area contributed by atoms with Crippen molar-refractivity contribution in [1.82, 2.24) is 20.4 Å². The number of hydrogen-bond donors (Lipinski definition) is 2. The second kappa shape index (κ2) is 13.9. The zero-order valence-corrected chi connectivity index (χ0v) is 20.4. The highest BCUT2D eigenvalue weighted by molar-refractivity contribution is 5.20. The molecule has 180 valence electrons. The molecule has 1 unspecified atom stereocenters. The smallest absolute Gasteiger partial charge is 0.0449 e. The van der Waals surface area contributed by atoms with E-state index in [2.05, 4.69) is 81.1 Å². The van der Waals surface area contributed by atoms with Gasteiger partial charge in [0, 0.05) is 25.2 Å². The number of nitrogens with one attached hydrogen (secondary N) is 2. The van der Waals surface area contributed by atoms with Crippen molar-refractivity contribution >= 4 is 0 Å². The van der Waals surface area contributed by atoms with E-state index in [4.69, 9.17) is 0 Å². The Morgan fingerprint density at radius 1 is 0.545 bits per heavy atom. The minimum Gasteiger partial charge on any atom is -0.309 e. The molecule has 0 aromatic heterocycles. The van der Waals surface area contributed by atoms with Gasteiger partial charge in [-0.15, -0.1) is 0 Å². The quantitative estimate of drug-likeness (QED) is 0.447. The molecule has 33 heavy (non-hydrogen) atoms. The predicted molar refractivity (Wildman–Crippen MR) is 140 cm³/mol. The highest BCUT2D eigenvalue weighted by Gasteiger charge is 2.19. The first-order valence-corrected chi connectivity index (χ1v) is 13.4. The van der Waals surface area contributed by atoms with E-state index in [9.17, 15) is 0 Å². The third kappa shape index (κ3) is 8.22. The molecule has 2 aromatic carbocycles. The van der Waals surface area contributed by atoms with E-state index in [0.717, 1.165) is 32.6 Å². The van der Waals surface area contributed by atoms with Crippen LogP contribution in [0.4, 0.5) is 0 Å². The maximum Gasteiger partial charge on any atom is 0.0449 e. The van der Waals surface area contributed by atoms with Gasteiger partial charge in [-0.1, -0.05) is 73.5 Å². The molecule has 2 aliphatic rings. The van der Waals surface area contributed by atoms with Crippen molar-refractivity contribution in [2.24, 2.45) is 0 Å². The van der Waals surface area contributed by atoms with Crippen LogP contribution in [0, 0.1) is 0 Å². The first-order valence-electron chi connectivity index (χ1n) is 13.4. The lowest BCUT2D eigenvalue weighted by molar-refractivity contribution is 0.202. The van der Waals surface area contributed by atoms with Crippen LogP contribution in [-0.2, 0) is 0 Å². The molecular formula is C29H44N4. The van der Waals surface area contributed by atoms with Gasteiger partial charge in [0.05, 0.1) is 0 Å². The molecule has 2 heterocycles. The summed E-state index contributed by atoms with van der Waals surface area (Å²) in [5.41, 5.74) is 2.84. The Morgan fingerprint density at radius 2 is 0.939 bits per heavy atom. The molecule has 0 amide bonds. The first kappa shape index (κ1) is 24.4. The molecule has 0 radical (unpaired) electrons. The Balaban J connectivity index is 1.26. The second-order valence-electron chi connectivity index (χ2n) is 9.91. The summed E-state index contributed by atoms with van der Waals surface area (Å²) in [4.78, 5) is 5.30. The lowest BCUT2D eigenvalue weighted by Gasteiger charge is -2.32. The monoisotopic (exact) mass is 448 g/mol. The van der Waals surface area contributed by atoms with E-state index in [1.807, 2.05) is 0 Å². The molecule has 4 heteroatoms. The molecule has 4 rings (SSSR count). The third-order valence-corrected chi connectivity index (χ3v) is 7.32. The summed E-state index contributed by atoms with van der Waals surface area (Å²) in [6.07, 6.45) is 9.34. The van der Waals surface area contributed by atoms with Gasteiger partial charge in [0.2, 0.25) is 0 Å². The molecule has 2 N–H and O–H groups in total. The zero-order valence-electron chi connectivity index (χ0n) is 20.4. The van der Waals surface area contributed by atoms with E-state index >= 15 is 0 Å². The molecule has 2 aromatic rings. The number of likely N-dealkylation sites (tertiary alicyclic amines) is 2. The fourth-order valence-corrected chi connectivity index (χ4v) is 5.39. The van der Waals surface area contributed by atoms with Gasteiger partial charge in [-0.25, -0.2) is 0 Å². The molecule has 2 fully saturated rings. The lowest BCUT2D eigenvalue weighted by atomic mass is 10.0. The van der Waals surface area contributed by atoms with Crippen LogP contribution in [0.25, 0.3) is 0 Å². The molecule has 2 saturated heterocycles. The molecule has 0 saturated carbocycles. The first-order chi connectivity index (χ1) is 16.4. The van der Waals surface area contributed by atoms with E-state index in [0.29, 0.717) is 12.1 Å². The van der Waals surface area contributed by atoms with Crippen molar-refractivity contribution in [2.75, 3.05) is 52.4 Å². The SMILES string of the molecule is c1ccc(C(CN2CCCCC2)NCCCN[C@H](CN2CCCCC2)c2ccccc2)cc1. The fourth-order valence-electron chi connectivity index (χ4n) is 5.39. The minimum absolute atomic E-state index is 0.419. The standard InChI is InChI=1S/C29H44N4/c1-5-14-26(15-6-1)28(24-32-20-9-3-10-21-32)30-18-13-19-31-29(27-16-7-2-8-17-27)25-33-22-11-4-12-23-33/h1-2,5-8,14-17,28-31H,3-4,9-13,18-25H2/t28-,29?/m1/s1. The van der Waals surface area contributed by atoms with E-state index in [-0.39, 0.29) is 0 Å². The second-order valence-corrected chi connectivity index (χ2v) is 9.91. The Bertz CT molecular complexity index is 688. The lowest BCUT2D eigenvalue weighted by Crippen LogP contribution is -2.40. The molecule has 2 atom stereocenters. The topological polar surface area (TPSA) is 30.5 Å². The summed E-state index contributed by atoms with van der Waals surface area (Å²) in [6.45, 7) is 9.35. The predicted octanol–water partition coefficient (Wildman–Crippen LogP) is 5.01. The molecule has 0 spiro atoms. The number of rotatable bonds is 12. The highest BCUT2D eigenvalue weighted by Crippen LogP contribution is 2.19. The summed E-state index contributed by atoms with van der Waals surface area (Å²) in [5, 5.41) is 7.77. The number of nitrogens with zero attached hydrogens (tertiary/aromatic N) is 2. The summed E-state index contributed by atoms with van der Waals surface area (Å²) in [6, 6.07) is 22.9. The van der Waals surface area contributed by atoms with Crippen LogP contribution >= 0.6 is 0 Å². The van der Waals surface area contributed by atoms with Crippen LogP contribution < -0.4 is 10.6 Å². The Hall–Kier alpha value is -1.72. The average Bonchev–Trinajstić information content (AvgIpc) is 2.89. The van der Waals surface area contributed by atoms with Crippen LogP contribution in [0.5, 0.6) is 0 Å². The largest absolute Gasteiger partial charge is 0.309 e. The maximum atomic E-state index is 3.89. The maximum absolute atomic E-state index is 3.89. The number of hydrogen-bond acceptors (Lipinski definition) is 4. The van der Waals surface area contributed by atoms with Gasteiger partial charge in [0.25, 0.3) is 0 Å². The van der Waals surface area contributed by atoms with Gasteiger partial charge < -0.3 is 20.4 Å². The van der Waals surface area contributed by atoms with Crippen LogP contribution in [0.15, 0.2) is 60.7 Å². The van der Waals surface area contributed by atoms with E-state index in [1.54, 1.807) is 0 Å². The zero-order chi connectivity index (χ0) is 22.6. The molecule has 4 nitrogen and oxygen atoms in total. The number of benzene rings is 2. The van der Waals surface area contributed by atoms with Crippen LogP contribution in [0.3, 0.4) is 0 Å². The van der Waals surface area contributed by atoms with Gasteiger partial charge in [0.1, 0.15) is 0 Å². The van der Waals surface area contributed by atoms with Gasteiger partial charge in [-0.2, -0.15) is 0 Å². The molecule has 0 aliphatic carbocycles. The Morgan fingerprint density at radius 3 is 1.33 bits per heavy atom. The van der Waals surface area contributed by atoms with Gasteiger partial charge in [0.15, 0.2) is 0 Å². The highest BCUT2D eigenvalue weighted by atomic mass is 15.2. The number of piperidine rings is 2. The summed E-state index contributed by atoms with van der Waals surface area (Å²) in [7, 11) is 0. The average molecular weight is 449 g/mol. The van der Waals surface area contributed by atoms with Crippen LogP contribution in [0.2, 0.25) is 0 Å². The molecular weight excluding hydrogens is 404 g/mol. The van der Waals surface area contributed by atoms with Crippen molar-refractivity contribution in [3.8, 4) is 0 Å².